The van der Waals surface area contributed by atoms with Crippen molar-refractivity contribution in [3.05, 3.63) is 29.8 Å². The lowest BCUT2D eigenvalue weighted by Gasteiger charge is -2.18. The number of carbonyl (C=O) groups excluding carboxylic acids is 2. The molecule has 1 saturated carbocycles. The second kappa shape index (κ2) is 6.55. The predicted octanol–water partition coefficient (Wildman–Crippen LogP) is 2.72. The van der Waals surface area contributed by atoms with Crippen LogP contribution in [0.15, 0.2) is 24.3 Å². The molecule has 1 aliphatic rings. The molecule has 0 saturated heterocycles. The maximum atomic E-state index is 12.0. The van der Waals surface area contributed by atoms with E-state index in [0.29, 0.717) is 11.3 Å². The minimum atomic E-state index is -0.558. The van der Waals surface area contributed by atoms with E-state index in [9.17, 15) is 9.59 Å². The molecule has 1 amide bonds. The molecule has 0 bridgehead atoms. The first-order valence-electron chi connectivity index (χ1n) is 7.14. The molecule has 4 nitrogen and oxygen atoms in total. The fraction of sp³-hybridized carbons (Fsp3) is 0.500. The molecule has 0 spiro atoms. The first-order valence-corrected chi connectivity index (χ1v) is 7.14. The Labute approximate surface area is 119 Å². The van der Waals surface area contributed by atoms with Crippen LogP contribution in [0.4, 0.5) is 0 Å². The Morgan fingerprint density at radius 1 is 1.30 bits per heavy atom. The zero-order chi connectivity index (χ0) is 14.5. The number of hydrogen-bond donors (Lipinski definition) is 1. The molecular formula is C16H21NO3. The molecule has 0 aromatic heterocycles. The van der Waals surface area contributed by atoms with Gasteiger partial charge in [0.15, 0.2) is 11.9 Å². The van der Waals surface area contributed by atoms with Gasteiger partial charge in [0.1, 0.15) is 5.75 Å². The Balaban J connectivity index is 1.92. The highest BCUT2D eigenvalue weighted by atomic mass is 16.5. The van der Waals surface area contributed by atoms with Crippen LogP contribution in [-0.2, 0) is 4.79 Å². The predicted molar refractivity (Wildman–Crippen MR) is 76.9 cm³/mol. The maximum Gasteiger partial charge on any atom is 0.260 e. The molecule has 1 N–H and O–H groups in total. The Bertz CT molecular complexity index is 492. The van der Waals surface area contributed by atoms with Gasteiger partial charge in [0, 0.05) is 11.6 Å². The molecule has 2 rings (SSSR count). The van der Waals surface area contributed by atoms with Crippen molar-refractivity contribution in [1.29, 1.82) is 0 Å². The molecular weight excluding hydrogens is 254 g/mol. The number of nitrogens with one attached hydrogen (secondary N) is 1. The summed E-state index contributed by atoms with van der Waals surface area (Å²) in [4.78, 5) is 23.3. The topological polar surface area (TPSA) is 55.4 Å². The van der Waals surface area contributed by atoms with Crippen LogP contribution < -0.4 is 10.1 Å². The van der Waals surface area contributed by atoms with Gasteiger partial charge in [-0.2, -0.15) is 0 Å². The monoisotopic (exact) mass is 275 g/mol. The van der Waals surface area contributed by atoms with Crippen LogP contribution in [0.1, 0.15) is 49.9 Å². The van der Waals surface area contributed by atoms with Crippen molar-refractivity contribution in [1.82, 2.24) is 5.32 Å². The van der Waals surface area contributed by atoms with Crippen LogP contribution in [0.25, 0.3) is 0 Å². The highest BCUT2D eigenvalue weighted by Gasteiger charge is 2.21. The highest BCUT2D eigenvalue weighted by Crippen LogP contribution is 2.19. The number of ether oxygens (including phenoxy) is 1. The quantitative estimate of drug-likeness (QED) is 0.841. The molecule has 0 heterocycles. The molecule has 0 aliphatic heterocycles. The summed E-state index contributed by atoms with van der Waals surface area (Å²) < 4.78 is 5.61. The summed E-state index contributed by atoms with van der Waals surface area (Å²) in [6.45, 7) is 3.24. The van der Waals surface area contributed by atoms with Gasteiger partial charge in [-0.25, -0.2) is 0 Å². The van der Waals surface area contributed by atoms with E-state index < -0.39 is 6.10 Å². The number of Topliss-reactive ketones (excluding diaryl/α,β-unsaturated/α-hetero) is 1. The van der Waals surface area contributed by atoms with E-state index in [4.69, 9.17) is 4.74 Å². The molecule has 1 fully saturated rings. The summed E-state index contributed by atoms with van der Waals surface area (Å²) in [6.07, 6.45) is 3.91. The smallest absolute Gasteiger partial charge is 0.260 e. The van der Waals surface area contributed by atoms with Crippen LogP contribution in [0.3, 0.4) is 0 Å². The van der Waals surface area contributed by atoms with Gasteiger partial charge in [0.25, 0.3) is 5.91 Å². The van der Waals surface area contributed by atoms with Gasteiger partial charge in [0.05, 0.1) is 0 Å². The third-order valence-electron chi connectivity index (χ3n) is 3.62. The van der Waals surface area contributed by atoms with Crippen LogP contribution in [0.5, 0.6) is 5.75 Å². The second-order valence-corrected chi connectivity index (χ2v) is 5.33. The van der Waals surface area contributed by atoms with Gasteiger partial charge in [0.2, 0.25) is 0 Å². The lowest BCUT2D eigenvalue weighted by Crippen LogP contribution is -2.41. The van der Waals surface area contributed by atoms with Crippen LogP contribution >= 0.6 is 0 Å². The zero-order valence-corrected chi connectivity index (χ0v) is 12.0. The molecule has 20 heavy (non-hydrogen) atoms. The summed E-state index contributed by atoms with van der Waals surface area (Å²) in [5.74, 6) is 0.440. The van der Waals surface area contributed by atoms with E-state index in [-0.39, 0.29) is 17.7 Å². The Morgan fingerprint density at radius 2 is 2.00 bits per heavy atom. The van der Waals surface area contributed by atoms with E-state index >= 15 is 0 Å². The van der Waals surface area contributed by atoms with Crippen LogP contribution in [-0.4, -0.2) is 23.8 Å². The number of rotatable bonds is 5. The molecule has 0 unspecified atom stereocenters. The summed E-state index contributed by atoms with van der Waals surface area (Å²) in [5.41, 5.74) is 0.589. The fourth-order valence-corrected chi connectivity index (χ4v) is 2.43. The third-order valence-corrected chi connectivity index (χ3v) is 3.62. The largest absolute Gasteiger partial charge is 0.481 e. The van der Waals surface area contributed by atoms with Gasteiger partial charge in [-0.05, 0) is 38.8 Å². The van der Waals surface area contributed by atoms with Crippen molar-refractivity contribution in [2.24, 2.45) is 0 Å². The van der Waals surface area contributed by atoms with Crippen LogP contribution in [0.2, 0.25) is 0 Å². The van der Waals surface area contributed by atoms with Gasteiger partial charge < -0.3 is 10.1 Å². The molecule has 1 aromatic carbocycles. The van der Waals surface area contributed by atoms with Gasteiger partial charge in [-0.3, -0.25) is 9.59 Å². The van der Waals surface area contributed by atoms with Crippen molar-refractivity contribution in [3.63, 3.8) is 0 Å². The number of carbonyl (C=O) groups is 2. The zero-order valence-electron chi connectivity index (χ0n) is 12.0. The Hall–Kier alpha value is -1.84. The summed E-state index contributed by atoms with van der Waals surface area (Å²) >= 11 is 0. The van der Waals surface area contributed by atoms with Crippen molar-refractivity contribution in [3.8, 4) is 5.75 Å². The lowest BCUT2D eigenvalue weighted by atomic mass is 10.1. The highest BCUT2D eigenvalue weighted by molar-refractivity contribution is 5.94. The SMILES string of the molecule is CC(=O)c1cccc(O[C@@H](C)C(=O)NC2CCCC2)c1. The van der Waals surface area contributed by atoms with Gasteiger partial charge >= 0.3 is 0 Å². The lowest BCUT2D eigenvalue weighted by molar-refractivity contribution is -0.127. The molecule has 108 valence electrons. The number of ketones is 1. The van der Waals surface area contributed by atoms with Crippen molar-refractivity contribution in [2.75, 3.05) is 0 Å². The summed E-state index contributed by atoms with van der Waals surface area (Å²) in [7, 11) is 0. The molecule has 1 atom stereocenters. The van der Waals surface area contributed by atoms with E-state index in [0.717, 1.165) is 12.8 Å². The minimum Gasteiger partial charge on any atom is -0.481 e. The maximum absolute atomic E-state index is 12.0. The average molecular weight is 275 g/mol. The molecule has 1 aliphatic carbocycles. The second-order valence-electron chi connectivity index (χ2n) is 5.33. The van der Waals surface area contributed by atoms with E-state index in [2.05, 4.69) is 5.32 Å². The Morgan fingerprint density at radius 3 is 2.65 bits per heavy atom. The molecule has 4 heteroatoms. The Kier molecular flexibility index (Phi) is 4.77. The number of amides is 1. The van der Waals surface area contributed by atoms with Gasteiger partial charge in [-0.15, -0.1) is 0 Å². The third kappa shape index (κ3) is 3.83. The number of hydrogen-bond acceptors (Lipinski definition) is 3. The summed E-state index contributed by atoms with van der Waals surface area (Å²) in [5, 5.41) is 3.01. The van der Waals surface area contributed by atoms with Crippen molar-refractivity contribution < 1.29 is 14.3 Å². The summed E-state index contributed by atoms with van der Waals surface area (Å²) in [6, 6.07) is 7.21. The fourth-order valence-electron chi connectivity index (χ4n) is 2.43. The standard InChI is InChI=1S/C16H21NO3/c1-11(18)13-6-5-9-15(10-13)20-12(2)16(19)17-14-7-3-4-8-14/h5-6,9-10,12,14H,3-4,7-8H2,1-2H3,(H,17,19)/t12-/m0/s1. The molecule has 0 radical (unpaired) electrons. The van der Waals surface area contributed by atoms with Crippen molar-refractivity contribution >= 4 is 11.7 Å². The van der Waals surface area contributed by atoms with Crippen LogP contribution in [0, 0.1) is 0 Å². The first-order chi connectivity index (χ1) is 9.56. The average Bonchev–Trinajstić information content (AvgIpc) is 2.91. The molecule has 1 aromatic rings. The van der Waals surface area contributed by atoms with E-state index in [1.54, 1.807) is 31.2 Å². The number of benzene rings is 1. The first kappa shape index (κ1) is 14.6. The normalized spacial score (nSPS) is 16.7. The minimum absolute atomic E-state index is 0.0153. The van der Waals surface area contributed by atoms with Crippen molar-refractivity contribution in [2.45, 2.75) is 51.7 Å². The van der Waals surface area contributed by atoms with Gasteiger partial charge in [-0.1, -0.05) is 25.0 Å². The van der Waals surface area contributed by atoms with E-state index in [1.165, 1.54) is 19.8 Å². The van der Waals surface area contributed by atoms with E-state index in [1.807, 2.05) is 0 Å².